The largest absolute Gasteiger partial charge is 0.481 e. The summed E-state index contributed by atoms with van der Waals surface area (Å²) in [5.74, 6) is 0.458. The number of nitrogens with zero attached hydrogens (tertiary/aromatic N) is 3. The lowest BCUT2D eigenvalue weighted by Crippen LogP contribution is -2.43. The molecule has 6 nitrogen and oxygen atoms in total. The van der Waals surface area contributed by atoms with Crippen molar-refractivity contribution in [2.75, 3.05) is 22.7 Å². The van der Waals surface area contributed by atoms with Crippen molar-refractivity contribution in [3.05, 3.63) is 65.7 Å². The molecule has 0 aliphatic carbocycles. The number of nitrogens with one attached hydrogen (secondary N) is 1. The number of piperidine rings is 1. The highest BCUT2D eigenvalue weighted by atomic mass is 32.2. The van der Waals surface area contributed by atoms with E-state index < -0.39 is 23.1 Å². The minimum absolute atomic E-state index is 0.0942. The topological polar surface area (TPSA) is 78.4 Å². The lowest BCUT2D eigenvalue weighted by atomic mass is 9.80. The number of aromatic nitrogens is 2. The molecule has 0 saturated carbocycles. The van der Waals surface area contributed by atoms with E-state index in [1.807, 2.05) is 30.0 Å². The van der Waals surface area contributed by atoms with Crippen LogP contribution < -0.4 is 9.62 Å². The van der Waals surface area contributed by atoms with Gasteiger partial charge in [-0.15, -0.1) is 0 Å². The lowest BCUT2D eigenvalue weighted by molar-refractivity contribution is -0.149. The molecule has 1 fully saturated rings. The average Bonchev–Trinajstić information content (AvgIpc) is 2.87. The van der Waals surface area contributed by atoms with Gasteiger partial charge in [0.15, 0.2) is 0 Å². The summed E-state index contributed by atoms with van der Waals surface area (Å²) in [5, 5.41) is 9.83. The van der Waals surface area contributed by atoms with Gasteiger partial charge in [-0.05, 0) is 56.0 Å². The smallest absolute Gasteiger partial charge is 0.418 e. The fourth-order valence-electron chi connectivity index (χ4n) is 4.20. The fraction of sp³-hybridized carbons (Fsp3) is 0.346. The number of carboxylic acids is 1. The third kappa shape index (κ3) is 5.59. The second-order valence-electron chi connectivity index (χ2n) is 8.99. The van der Waals surface area contributed by atoms with E-state index in [2.05, 4.69) is 14.7 Å². The van der Waals surface area contributed by atoms with E-state index in [9.17, 15) is 23.1 Å². The first-order chi connectivity index (χ1) is 17.1. The van der Waals surface area contributed by atoms with Gasteiger partial charge in [-0.1, -0.05) is 37.3 Å². The van der Waals surface area contributed by atoms with Crippen LogP contribution in [0.4, 0.5) is 24.8 Å². The Morgan fingerprint density at radius 3 is 2.47 bits per heavy atom. The lowest BCUT2D eigenvalue weighted by Gasteiger charge is -2.37. The van der Waals surface area contributed by atoms with E-state index in [1.54, 1.807) is 31.2 Å². The van der Waals surface area contributed by atoms with E-state index in [4.69, 9.17) is 0 Å². The van der Waals surface area contributed by atoms with Gasteiger partial charge >= 0.3 is 12.1 Å². The standard InChI is InChI=1S/C26H27F3N4O2S/c1-3-17-7-4-5-8-18(17)23-19(26(27,28)29)11-12-22(31-23)36-32-20-9-6-10-21(30-20)33-15-13-25(2,14-16-33)24(34)35/h4-12H,3,13-16H2,1-2H3,(H,30,32)(H,34,35). The number of rotatable bonds is 7. The molecule has 0 bridgehead atoms. The van der Waals surface area contributed by atoms with Crippen molar-refractivity contribution in [1.82, 2.24) is 9.97 Å². The molecule has 0 amide bonds. The Balaban J connectivity index is 1.53. The number of pyridine rings is 2. The zero-order chi connectivity index (χ0) is 25.9. The molecular formula is C26H27F3N4O2S. The Bertz CT molecular complexity index is 1240. The number of carbonyl (C=O) groups is 1. The predicted molar refractivity (Wildman–Crippen MR) is 135 cm³/mol. The van der Waals surface area contributed by atoms with Gasteiger partial charge in [0.1, 0.15) is 16.7 Å². The Morgan fingerprint density at radius 1 is 1.08 bits per heavy atom. The predicted octanol–water partition coefficient (Wildman–Crippen LogP) is 6.54. The number of hydrogen-bond acceptors (Lipinski definition) is 6. The van der Waals surface area contributed by atoms with Crippen molar-refractivity contribution in [2.24, 2.45) is 5.41 Å². The Morgan fingerprint density at radius 2 is 1.81 bits per heavy atom. The van der Waals surface area contributed by atoms with Crippen LogP contribution in [0.25, 0.3) is 11.3 Å². The van der Waals surface area contributed by atoms with E-state index in [-0.39, 0.29) is 5.69 Å². The maximum absolute atomic E-state index is 13.8. The molecule has 1 aromatic carbocycles. The zero-order valence-corrected chi connectivity index (χ0v) is 20.8. The van der Waals surface area contributed by atoms with Crippen LogP contribution in [0.3, 0.4) is 0 Å². The Kier molecular flexibility index (Phi) is 7.44. The van der Waals surface area contributed by atoms with Crippen molar-refractivity contribution in [3.63, 3.8) is 0 Å². The molecule has 36 heavy (non-hydrogen) atoms. The first-order valence-corrected chi connectivity index (χ1v) is 12.5. The van der Waals surface area contributed by atoms with Crippen LogP contribution in [0, 0.1) is 5.41 Å². The molecule has 0 spiro atoms. The summed E-state index contributed by atoms with van der Waals surface area (Å²) >= 11 is 1.09. The quantitative estimate of drug-likeness (QED) is 0.346. The first-order valence-electron chi connectivity index (χ1n) is 11.7. The van der Waals surface area contributed by atoms with E-state index in [1.165, 1.54) is 6.07 Å². The number of hydrogen-bond donors (Lipinski definition) is 2. The molecule has 1 saturated heterocycles. The molecule has 1 aliphatic rings. The van der Waals surface area contributed by atoms with Crippen molar-refractivity contribution in [1.29, 1.82) is 0 Å². The highest BCUT2D eigenvalue weighted by molar-refractivity contribution is 8.00. The molecule has 4 rings (SSSR count). The van der Waals surface area contributed by atoms with Gasteiger partial charge in [0.25, 0.3) is 0 Å². The highest BCUT2D eigenvalue weighted by Gasteiger charge is 2.37. The number of carboxylic acid groups (broad SMARTS) is 1. The average molecular weight is 517 g/mol. The summed E-state index contributed by atoms with van der Waals surface area (Å²) in [4.78, 5) is 22.5. The van der Waals surface area contributed by atoms with Gasteiger partial charge < -0.3 is 14.7 Å². The second kappa shape index (κ2) is 10.4. The normalized spacial score (nSPS) is 15.5. The van der Waals surface area contributed by atoms with Crippen LogP contribution in [0.15, 0.2) is 59.6 Å². The Labute approximate surface area is 212 Å². The molecule has 2 aromatic heterocycles. The highest BCUT2D eigenvalue weighted by Crippen LogP contribution is 2.39. The molecule has 190 valence electrons. The van der Waals surface area contributed by atoms with E-state index >= 15 is 0 Å². The van der Waals surface area contributed by atoms with Gasteiger partial charge in [0, 0.05) is 30.6 Å². The fourth-order valence-corrected chi connectivity index (χ4v) is 4.79. The van der Waals surface area contributed by atoms with Crippen LogP contribution in [-0.4, -0.2) is 34.1 Å². The molecule has 3 heterocycles. The van der Waals surface area contributed by atoms with Crippen LogP contribution in [-0.2, 0) is 17.4 Å². The van der Waals surface area contributed by atoms with Crippen molar-refractivity contribution >= 4 is 29.6 Å². The summed E-state index contributed by atoms with van der Waals surface area (Å²) in [6.45, 7) is 4.81. The maximum Gasteiger partial charge on any atom is 0.418 e. The minimum Gasteiger partial charge on any atom is -0.481 e. The molecule has 3 aromatic rings. The SMILES string of the molecule is CCc1ccccc1-c1nc(SNc2cccc(N3CCC(C)(C(=O)O)CC3)n2)ccc1C(F)(F)F. The summed E-state index contributed by atoms with van der Waals surface area (Å²) < 4.78 is 44.3. The molecular weight excluding hydrogens is 489 g/mol. The molecule has 0 unspecified atom stereocenters. The van der Waals surface area contributed by atoms with Crippen molar-refractivity contribution in [2.45, 2.75) is 44.3 Å². The second-order valence-corrected chi connectivity index (χ2v) is 9.82. The number of aliphatic carboxylic acids is 1. The van der Waals surface area contributed by atoms with E-state index in [0.717, 1.165) is 23.6 Å². The van der Waals surface area contributed by atoms with Crippen LogP contribution in [0.1, 0.15) is 37.8 Å². The molecule has 0 atom stereocenters. The molecule has 0 radical (unpaired) electrons. The third-order valence-electron chi connectivity index (χ3n) is 6.53. The van der Waals surface area contributed by atoms with Crippen LogP contribution in [0.5, 0.6) is 0 Å². The van der Waals surface area contributed by atoms with Gasteiger partial charge in [-0.3, -0.25) is 4.79 Å². The maximum atomic E-state index is 13.8. The number of alkyl halides is 3. The van der Waals surface area contributed by atoms with Crippen LogP contribution >= 0.6 is 11.9 Å². The summed E-state index contributed by atoms with van der Waals surface area (Å²) in [7, 11) is 0. The Hall–Kier alpha value is -3.27. The van der Waals surface area contributed by atoms with Crippen LogP contribution in [0.2, 0.25) is 0 Å². The van der Waals surface area contributed by atoms with Gasteiger partial charge in [-0.2, -0.15) is 13.2 Å². The van der Waals surface area contributed by atoms with Crippen molar-refractivity contribution < 1.29 is 23.1 Å². The molecule has 2 N–H and O–H groups in total. The number of halogens is 3. The third-order valence-corrected chi connectivity index (χ3v) is 7.28. The van der Waals surface area contributed by atoms with Crippen molar-refractivity contribution in [3.8, 4) is 11.3 Å². The van der Waals surface area contributed by atoms with Gasteiger partial charge in [0.05, 0.1) is 16.7 Å². The first kappa shape index (κ1) is 25.8. The van der Waals surface area contributed by atoms with E-state index in [0.29, 0.717) is 54.6 Å². The monoisotopic (exact) mass is 516 g/mol. The number of benzene rings is 1. The van der Waals surface area contributed by atoms with Gasteiger partial charge in [-0.25, -0.2) is 9.97 Å². The minimum atomic E-state index is -4.53. The molecule has 1 aliphatic heterocycles. The van der Waals surface area contributed by atoms with Gasteiger partial charge in [0.2, 0.25) is 0 Å². The summed E-state index contributed by atoms with van der Waals surface area (Å²) in [5.41, 5.74) is -0.340. The summed E-state index contributed by atoms with van der Waals surface area (Å²) in [6.07, 6.45) is -2.90. The number of aryl methyl sites for hydroxylation is 1. The zero-order valence-electron chi connectivity index (χ0n) is 20.0. The summed E-state index contributed by atoms with van der Waals surface area (Å²) in [6, 6.07) is 14.9. The molecule has 10 heteroatoms. The number of anilines is 2.